The third-order valence-electron chi connectivity index (χ3n) is 3.77. The Morgan fingerprint density at radius 2 is 1.83 bits per heavy atom. The first-order valence-corrected chi connectivity index (χ1v) is 7.60. The van der Waals surface area contributed by atoms with Gasteiger partial charge in [-0.2, -0.15) is 0 Å². The lowest BCUT2D eigenvalue weighted by molar-refractivity contribution is 0.419. The number of hydrogen-bond acceptors (Lipinski definition) is 4. The lowest BCUT2D eigenvalue weighted by Gasteiger charge is -2.12. The van der Waals surface area contributed by atoms with Gasteiger partial charge in [0.05, 0.1) is 7.11 Å². The average molecular weight is 319 g/mol. The number of ether oxygens (including phenoxy) is 1. The molecular formula is C18H13N3OS. The van der Waals surface area contributed by atoms with Gasteiger partial charge in [-0.25, -0.2) is 9.97 Å². The van der Waals surface area contributed by atoms with Crippen LogP contribution in [0.1, 0.15) is 0 Å². The fourth-order valence-corrected chi connectivity index (χ4v) is 2.94. The van der Waals surface area contributed by atoms with Crippen LogP contribution >= 0.6 is 12.2 Å². The summed E-state index contributed by atoms with van der Waals surface area (Å²) >= 11 is 5.43. The van der Waals surface area contributed by atoms with Gasteiger partial charge in [-0.05, 0) is 36.5 Å². The Bertz CT molecular complexity index is 1070. The van der Waals surface area contributed by atoms with Crippen molar-refractivity contribution in [2.45, 2.75) is 0 Å². The molecule has 0 saturated carbocycles. The number of para-hydroxylation sites is 2. The summed E-state index contributed by atoms with van der Waals surface area (Å²) in [6.07, 6.45) is 1.77. The number of hydrogen-bond donors (Lipinski definition) is 0. The summed E-state index contributed by atoms with van der Waals surface area (Å²) < 4.78 is 7.80. The van der Waals surface area contributed by atoms with Crippen molar-refractivity contribution < 1.29 is 4.74 Å². The van der Waals surface area contributed by atoms with Crippen LogP contribution in [0.4, 0.5) is 0 Å². The first-order chi connectivity index (χ1) is 11.3. The van der Waals surface area contributed by atoms with E-state index in [1.54, 1.807) is 13.3 Å². The number of nitrogens with zero attached hydrogens (tertiary/aromatic N) is 3. The van der Waals surface area contributed by atoms with Crippen molar-refractivity contribution >= 4 is 34.2 Å². The lowest BCUT2D eigenvalue weighted by Crippen LogP contribution is -2.03. The summed E-state index contributed by atoms with van der Waals surface area (Å²) in [5, 5.41) is 1.94. The van der Waals surface area contributed by atoms with E-state index in [0.717, 1.165) is 33.4 Å². The quantitative estimate of drug-likeness (QED) is 0.408. The molecule has 0 unspecified atom stereocenters. The van der Waals surface area contributed by atoms with E-state index in [-0.39, 0.29) is 0 Å². The van der Waals surface area contributed by atoms with Crippen molar-refractivity contribution in [3.8, 4) is 11.4 Å². The molecule has 2 aromatic heterocycles. The van der Waals surface area contributed by atoms with Crippen molar-refractivity contribution in [1.82, 2.24) is 14.5 Å². The van der Waals surface area contributed by atoms with Crippen LogP contribution in [0.3, 0.4) is 0 Å². The lowest BCUT2D eigenvalue weighted by atomic mass is 10.1. The maximum atomic E-state index is 5.44. The molecule has 0 amide bonds. The van der Waals surface area contributed by atoms with E-state index in [1.807, 2.05) is 53.1 Å². The molecule has 0 saturated heterocycles. The number of benzene rings is 2. The van der Waals surface area contributed by atoms with Gasteiger partial charge >= 0.3 is 0 Å². The molecule has 2 aromatic carbocycles. The number of aromatic nitrogens is 3. The molecule has 0 atom stereocenters. The van der Waals surface area contributed by atoms with Crippen LogP contribution in [-0.4, -0.2) is 21.6 Å². The Morgan fingerprint density at radius 1 is 1.00 bits per heavy atom. The van der Waals surface area contributed by atoms with E-state index in [4.69, 9.17) is 21.9 Å². The van der Waals surface area contributed by atoms with Crippen molar-refractivity contribution in [3.63, 3.8) is 0 Å². The van der Waals surface area contributed by atoms with Gasteiger partial charge in [0.15, 0.2) is 0 Å². The third-order valence-corrected chi connectivity index (χ3v) is 4.06. The SMILES string of the molecule is COc1cccc2cc3cnc(=S)n(-c4ccccc4)c3nc12. The predicted octanol–water partition coefficient (Wildman–Crippen LogP) is 4.31. The van der Waals surface area contributed by atoms with Crippen molar-refractivity contribution in [1.29, 1.82) is 0 Å². The zero-order valence-electron chi connectivity index (χ0n) is 12.4. The predicted molar refractivity (Wildman–Crippen MR) is 93.8 cm³/mol. The first kappa shape index (κ1) is 13.8. The van der Waals surface area contributed by atoms with E-state index in [1.165, 1.54) is 0 Å². The summed E-state index contributed by atoms with van der Waals surface area (Å²) in [4.78, 5) is 9.16. The zero-order valence-corrected chi connectivity index (χ0v) is 13.2. The molecule has 2 heterocycles. The summed E-state index contributed by atoms with van der Waals surface area (Å²) in [7, 11) is 1.65. The van der Waals surface area contributed by atoms with Gasteiger partial charge in [0.2, 0.25) is 4.77 Å². The number of rotatable bonds is 2. The minimum absolute atomic E-state index is 0.477. The smallest absolute Gasteiger partial charge is 0.205 e. The van der Waals surface area contributed by atoms with Crippen LogP contribution in [0.2, 0.25) is 0 Å². The van der Waals surface area contributed by atoms with Crippen molar-refractivity contribution in [2.75, 3.05) is 7.11 Å². The van der Waals surface area contributed by atoms with Crippen LogP contribution in [0.5, 0.6) is 5.75 Å². The molecule has 0 spiro atoms. The van der Waals surface area contributed by atoms with Crippen LogP contribution in [0.25, 0.3) is 27.6 Å². The molecule has 0 bridgehead atoms. The molecule has 112 valence electrons. The van der Waals surface area contributed by atoms with Gasteiger partial charge in [0, 0.05) is 22.7 Å². The third kappa shape index (κ3) is 2.26. The van der Waals surface area contributed by atoms with Gasteiger partial charge in [0.1, 0.15) is 16.9 Å². The van der Waals surface area contributed by atoms with Gasteiger partial charge in [-0.15, -0.1) is 0 Å². The second-order valence-electron chi connectivity index (χ2n) is 5.14. The maximum Gasteiger partial charge on any atom is 0.205 e. The Morgan fingerprint density at radius 3 is 2.61 bits per heavy atom. The Balaban J connectivity index is 2.16. The summed E-state index contributed by atoms with van der Waals surface area (Å²) in [6, 6.07) is 17.8. The molecule has 5 heteroatoms. The van der Waals surface area contributed by atoms with Crippen molar-refractivity contribution in [2.24, 2.45) is 0 Å². The first-order valence-electron chi connectivity index (χ1n) is 7.19. The molecule has 4 nitrogen and oxygen atoms in total. The van der Waals surface area contributed by atoms with Crippen molar-refractivity contribution in [3.05, 3.63) is 65.6 Å². The van der Waals surface area contributed by atoms with Crippen LogP contribution in [0.15, 0.2) is 60.8 Å². The Labute approximate surface area is 138 Å². The van der Waals surface area contributed by atoms with Gasteiger partial charge < -0.3 is 4.74 Å². The highest BCUT2D eigenvalue weighted by Crippen LogP contribution is 2.27. The highest BCUT2D eigenvalue weighted by atomic mass is 32.1. The number of pyridine rings is 1. The molecule has 0 fully saturated rings. The van der Waals surface area contributed by atoms with Crippen LogP contribution in [-0.2, 0) is 0 Å². The molecule has 23 heavy (non-hydrogen) atoms. The zero-order chi connectivity index (χ0) is 15.8. The fraction of sp³-hybridized carbons (Fsp3) is 0.0556. The standard InChI is InChI=1S/C18H13N3OS/c1-22-15-9-5-6-12-10-13-11-19-18(23)21(17(13)20-16(12)15)14-7-3-2-4-8-14/h2-11H,1H3. The molecule has 4 aromatic rings. The topological polar surface area (TPSA) is 39.9 Å². The minimum atomic E-state index is 0.477. The summed E-state index contributed by atoms with van der Waals surface area (Å²) in [5.74, 6) is 0.742. The average Bonchev–Trinajstić information content (AvgIpc) is 2.60. The van der Waals surface area contributed by atoms with E-state index >= 15 is 0 Å². The monoisotopic (exact) mass is 319 g/mol. The van der Waals surface area contributed by atoms with E-state index < -0.39 is 0 Å². The number of fused-ring (bicyclic) bond motifs is 2. The van der Waals surface area contributed by atoms with E-state index in [0.29, 0.717) is 4.77 Å². The molecule has 0 radical (unpaired) electrons. The van der Waals surface area contributed by atoms with Gasteiger partial charge in [0.25, 0.3) is 0 Å². The molecule has 4 rings (SSSR count). The highest BCUT2D eigenvalue weighted by molar-refractivity contribution is 7.71. The van der Waals surface area contributed by atoms with Crippen LogP contribution in [0, 0.1) is 4.77 Å². The molecule has 0 aliphatic heterocycles. The fourth-order valence-electron chi connectivity index (χ4n) is 2.70. The second kappa shape index (κ2) is 5.44. The molecule has 0 aliphatic carbocycles. The van der Waals surface area contributed by atoms with E-state index in [9.17, 15) is 0 Å². The summed E-state index contributed by atoms with van der Waals surface area (Å²) in [6.45, 7) is 0. The Kier molecular flexibility index (Phi) is 3.28. The summed E-state index contributed by atoms with van der Waals surface area (Å²) in [5.41, 5.74) is 2.53. The van der Waals surface area contributed by atoms with Crippen LogP contribution < -0.4 is 4.74 Å². The highest BCUT2D eigenvalue weighted by Gasteiger charge is 2.10. The number of methoxy groups -OCH3 is 1. The molecule has 0 N–H and O–H groups in total. The normalized spacial score (nSPS) is 11.0. The van der Waals surface area contributed by atoms with Gasteiger partial charge in [-0.1, -0.05) is 30.3 Å². The largest absolute Gasteiger partial charge is 0.494 e. The van der Waals surface area contributed by atoms with Gasteiger partial charge in [-0.3, -0.25) is 4.57 Å². The maximum absolute atomic E-state index is 5.44. The van der Waals surface area contributed by atoms with E-state index in [2.05, 4.69) is 11.1 Å². The Hall–Kier alpha value is -2.79. The second-order valence-corrected chi connectivity index (χ2v) is 5.51. The minimum Gasteiger partial charge on any atom is -0.494 e. The molecule has 0 aliphatic rings. The molecular weight excluding hydrogens is 306 g/mol.